The maximum atomic E-state index is 14.8. The second-order valence-corrected chi connectivity index (χ2v) is 9.10. The van der Waals surface area contributed by atoms with E-state index in [-0.39, 0.29) is 0 Å². The molecule has 0 unspecified atom stereocenters. The molecule has 2 aliphatic carbocycles. The summed E-state index contributed by atoms with van der Waals surface area (Å²) in [7, 11) is 0. The zero-order chi connectivity index (χ0) is 26.3. The maximum absolute atomic E-state index is 14.8. The lowest BCUT2D eigenvalue weighted by atomic mass is 9.92. The van der Waals surface area contributed by atoms with Gasteiger partial charge in [-0.15, -0.1) is 0 Å². The summed E-state index contributed by atoms with van der Waals surface area (Å²) in [5.74, 6) is -18.3. The molecule has 0 spiro atoms. The van der Waals surface area contributed by atoms with E-state index in [2.05, 4.69) is 0 Å². The minimum atomic E-state index is -2.35. The van der Waals surface area contributed by atoms with Crippen molar-refractivity contribution in [2.24, 2.45) is 11.5 Å². The topological polar surface area (TPSA) is 70.5 Å². The number of halogens is 8. The van der Waals surface area contributed by atoms with Gasteiger partial charge in [-0.1, -0.05) is 0 Å². The van der Waals surface area contributed by atoms with Crippen LogP contribution < -0.4 is 20.9 Å². The Morgan fingerprint density at radius 2 is 0.722 bits per heavy atom. The molecule has 2 fully saturated rings. The Morgan fingerprint density at radius 1 is 0.472 bits per heavy atom. The second kappa shape index (κ2) is 10.4. The molecule has 12 heteroatoms. The fourth-order valence-electron chi connectivity index (χ4n) is 4.75. The summed E-state index contributed by atoms with van der Waals surface area (Å²) in [6, 6.07) is -4.70. The van der Waals surface area contributed by atoms with Gasteiger partial charge >= 0.3 is 0 Å². The lowest BCUT2D eigenvalue weighted by Gasteiger charge is -2.25. The van der Waals surface area contributed by atoms with Gasteiger partial charge in [-0.05, 0) is 51.4 Å². The predicted octanol–water partition coefficient (Wildman–Crippen LogP) is 6.14. The van der Waals surface area contributed by atoms with E-state index in [0.29, 0.717) is 51.4 Å². The molecule has 2 saturated carbocycles. The number of rotatable bonds is 7. The SMILES string of the molecule is N[C@@H](c1c(F)c(F)c(OC2CCCC2)c(F)c1F)[C@@H](N)c1c(F)c(F)c(OC2CCCC2)c(F)c1F. The van der Waals surface area contributed by atoms with Gasteiger partial charge in [0.1, 0.15) is 0 Å². The first-order chi connectivity index (χ1) is 17.0. The number of hydrogen-bond acceptors (Lipinski definition) is 4. The number of nitrogens with two attached hydrogens (primary N) is 2. The third-order valence-electron chi connectivity index (χ3n) is 6.74. The minimum Gasteiger partial charge on any atom is -0.484 e. The number of benzene rings is 2. The lowest BCUT2D eigenvalue weighted by Crippen LogP contribution is -2.31. The molecule has 0 aliphatic heterocycles. The predicted molar refractivity (Wildman–Crippen MR) is 112 cm³/mol. The molecule has 2 aromatic rings. The molecule has 0 amide bonds. The van der Waals surface area contributed by atoms with E-state index in [0.717, 1.165) is 0 Å². The Kier molecular flexibility index (Phi) is 7.65. The molecule has 0 radical (unpaired) electrons. The van der Waals surface area contributed by atoms with Crippen molar-refractivity contribution < 1.29 is 44.6 Å². The van der Waals surface area contributed by atoms with Crippen molar-refractivity contribution >= 4 is 0 Å². The van der Waals surface area contributed by atoms with Crippen LogP contribution in [0.15, 0.2) is 0 Å². The molecular weight excluding hydrogens is 500 g/mol. The second-order valence-electron chi connectivity index (χ2n) is 9.10. The molecule has 4 nitrogen and oxygen atoms in total. The van der Waals surface area contributed by atoms with Gasteiger partial charge in [-0.25, -0.2) is 17.6 Å². The summed E-state index contributed by atoms with van der Waals surface area (Å²) in [5, 5.41) is 0. The monoisotopic (exact) mass is 524 g/mol. The molecular formula is C24H24F8N2O2. The Hall–Kier alpha value is -2.60. The Morgan fingerprint density at radius 3 is 0.972 bits per heavy atom. The summed E-state index contributed by atoms with van der Waals surface area (Å²) >= 11 is 0. The zero-order valence-corrected chi connectivity index (χ0v) is 19.0. The van der Waals surface area contributed by atoms with Gasteiger partial charge in [-0.2, -0.15) is 17.6 Å². The fourth-order valence-corrected chi connectivity index (χ4v) is 4.75. The van der Waals surface area contributed by atoms with Crippen LogP contribution in [-0.4, -0.2) is 12.2 Å². The first-order valence-electron chi connectivity index (χ1n) is 11.6. The van der Waals surface area contributed by atoms with Gasteiger partial charge in [0, 0.05) is 11.1 Å². The van der Waals surface area contributed by atoms with Crippen LogP contribution in [0.1, 0.15) is 74.6 Å². The molecule has 2 atom stereocenters. The third-order valence-corrected chi connectivity index (χ3v) is 6.74. The highest BCUT2D eigenvalue weighted by Crippen LogP contribution is 2.41. The fraction of sp³-hybridized carbons (Fsp3) is 0.500. The van der Waals surface area contributed by atoms with Gasteiger partial charge in [0.25, 0.3) is 0 Å². The van der Waals surface area contributed by atoms with Crippen molar-refractivity contribution in [3.63, 3.8) is 0 Å². The van der Waals surface area contributed by atoms with Gasteiger partial charge < -0.3 is 20.9 Å². The van der Waals surface area contributed by atoms with Gasteiger partial charge in [0.2, 0.25) is 23.3 Å². The normalized spacial score (nSPS) is 18.6. The van der Waals surface area contributed by atoms with Crippen LogP contribution in [0.3, 0.4) is 0 Å². The highest BCUT2D eigenvalue weighted by atomic mass is 19.2. The van der Waals surface area contributed by atoms with E-state index < -0.39 is 93.5 Å². The average molecular weight is 524 g/mol. The van der Waals surface area contributed by atoms with Crippen molar-refractivity contribution in [1.29, 1.82) is 0 Å². The van der Waals surface area contributed by atoms with Crippen LogP contribution in [-0.2, 0) is 0 Å². The molecule has 0 aromatic heterocycles. The van der Waals surface area contributed by atoms with E-state index in [1.54, 1.807) is 0 Å². The standard InChI is InChI=1S/C24H24F8N2O2/c25-13-11(14(26)18(30)23(17(13)29)35-9-5-1-2-6-9)21(33)22(34)12-15(27)19(31)24(20(32)16(12)28)36-10-7-3-4-8-10/h9-10,21-22H,1-8,33-34H2/t21-,22-/m0/s1. The molecule has 0 bridgehead atoms. The molecule has 4 N–H and O–H groups in total. The van der Waals surface area contributed by atoms with E-state index in [9.17, 15) is 35.1 Å². The maximum Gasteiger partial charge on any atom is 0.204 e. The molecule has 0 heterocycles. The summed E-state index contributed by atoms with van der Waals surface area (Å²) < 4.78 is 128. The highest BCUT2D eigenvalue weighted by molar-refractivity contribution is 5.41. The first kappa shape index (κ1) is 26.5. The zero-order valence-electron chi connectivity index (χ0n) is 19.0. The summed E-state index contributed by atoms with van der Waals surface area (Å²) in [4.78, 5) is 0. The third kappa shape index (κ3) is 4.60. The smallest absolute Gasteiger partial charge is 0.204 e. The van der Waals surface area contributed by atoms with Crippen LogP contribution in [0.5, 0.6) is 11.5 Å². The van der Waals surface area contributed by atoms with E-state index in [1.807, 2.05) is 0 Å². The molecule has 2 aromatic carbocycles. The van der Waals surface area contributed by atoms with Crippen LogP contribution in [0.4, 0.5) is 35.1 Å². The molecule has 2 aliphatic rings. The van der Waals surface area contributed by atoms with Crippen molar-refractivity contribution in [1.82, 2.24) is 0 Å². The summed E-state index contributed by atoms with van der Waals surface area (Å²) in [5.41, 5.74) is 8.29. The average Bonchev–Trinajstić information content (AvgIpc) is 3.56. The lowest BCUT2D eigenvalue weighted by molar-refractivity contribution is 0.183. The van der Waals surface area contributed by atoms with Crippen LogP contribution in [0.25, 0.3) is 0 Å². The van der Waals surface area contributed by atoms with E-state index in [1.165, 1.54) is 0 Å². The van der Waals surface area contributed by atoms with Gasteiger partial charge in [0.15, 0.2) is 34.8 Å². The molecule has 0 saturated heterocycles. The van der Waals surface area contributed by atoms with Crippen LogP contribution in [0.2, 0.25) is 0 Å². The van der Waals surface area contributed by atoms with Gasteiger partial charge in [-0.3, -0.25) is 0 Å². The number of hydrogen-bond donors (Lipinski definition) is 2. The Labute approximate surface area is 201 Å². The highest BCUT2D eigenvalue weighted by Gasteiger charge is 2.38. The first-order valence-corrected chi connectivity index (χ1v) is 11.6. The summed E-state index contributed by atoms with van der Waals surface area (Å²) in [6.45, 7) is 0. The quantitative estimate of drug-likeness (QED) is 0.337. The minimum absolute atomic E-state index is 0.421. The van der Waals surface area contributed by atoms with Crippen LogP contribution >= 0.6 is 0 Å². The summed E-state index contributed by atoms with van der Waals surface area (Å²) in [6.07, 6.45) is 3.17. The van der Waals surface area contributed by atoms with Crippen molar-refractivity contribution in [3.8, 4) is 11.5 Å². The number of ether oxygens (including phenoxy) is 2. The van der Waals surface area contributed by atoms with E-state index in [4.69, 9.17) is 20.9 Å². The molecule has 198 valence electrons. The van der Waals surface area contributed by atoms with Crippen molar-refractivity contribution in [2.75, 3.05) is 0 Å². The Balaban J connectivity index is 1.70. The largest absolute Gasteiger partial charge is 0.484 e. The van der Waals surface area contributed by atoms with Crippen molar-refractivity contribution in [3.05, 3.63) is 57.7 Å². The molecule has 36 heavy (non-hydrogen) atoms. The van der Waals surface area contributed by atoms with Crippen molar-refractivity contribution in [2.45, 2.75) is 75.7 Å². The molecule has 4 rings (SSSR count). The van der Waals surface area contributed by atoms with E-state index >= 15 is 0 Å². The van der Waals surface area contributed by atoms with Gasteiger partial charge in [0.05, 0.1) is 24.3 Å². The Bertz CT molecular complexity index is 1000. The van der Waals surface area contributed by atoms with Crippen LogP contribution in [0, 0.1) is 46.5 Å².